The van der Waals surface area contributed by atoms with Crippen LogP contribution in [0.15, 0.2) is 140 Å². The number of rotatable bonds is 4. The summed E-state index contributed by atoms with van der Waals surface area (Å²) in [5, 5.41) is 4.76. The minimum Gasteiger partial charge on any atom is -0.208 e. The van der Waals surface area contributed by atoms with E-state index in [-0.39, 0.29) is 0 Å². The van der Waals surface area contributed by atoms with Gasteiger partial charge in [0.15, 0.2) is 17.5 Å². The fraction of sp³-hybridized carbons (Fsp3) is 0. The minimum absolute atomic E-state index is 0.659. The zero-order chi connectivity index (χ0) is 25.3. The molecule has 1 aromatic heterocycles. The number of aromatic nitrogens is 3. The standard InChI is InChI=1S/C35H23N3/c1-2-12-27(13-3-1)33-36-34(38-35(37-33)32-19-9-15-25-11-5-7-17-31(25)32)28-22-20-26(21-23-28)30-18-8-14-24-10-4-6-16-29(24)30/h1-23H. The third-order valence-electron chi connectivity index (χ3n) is 6.94. The lowest BCUT2D eigenvalue weighted by atomic mass is 9.97. The van der Waals surface area contributed by atoms with Crippen molar-refractivity contribution in [3.63, 3.8) is 0 Å². The van der Waals surface area contributed by atoms with Crippen LogP contribution >= 0.6 is 0 Å². The lowest BCUT2D eigenvalue weighted by molar-refractivity contribution is 1.08. The van der Waals surface area contributed by atoms with Crippen molar-refractivity contribution in [2.75, 3.05) is 0 Å². The van der Waals surface area contributed by atoms with Gasteiger partial charge in [-0.05, 0) is 32.7 Å². The van der Waals surface area contributed by atoms with E-state index in [1.54, 1.807) is 0 Å². The molecule has 6 aromatic carbocycles. The summed E-state index contributed by atoms with van der Waals surface area (Å²) < 4.78 is 0. The average molecular weight is 486 g/mol. The van der Waals surface area contributed by atoms with Crippen molar-refractivity contribution in [3.05, 3.63) is 140 Å². The summed E-state index contributed by atoms with van der Waals surface area (Å²) in [6.45, 7) is 0. The van der Waals surface area contributed by atoms with Crippen LogP contribution in [-0.2, 0) is 0 Å². The Balaban J connectivity index is 1.37. The summed E-state index contributed by atoms with van der Waals surface area (Å²) in [6, 6.07) is 48.1. The van der Waals surface area contributed by atoms with E-state index >= 15 is 0 Å². The zero-order valence-corrected chi connectivity index (χ0v) is 20.6. The second kappa shape index (κ2) is 9.38. The highest BCUT2D eigenvalue weighted by atomic mass is 15.0. The highest BCUT2D eigenvalue weighted by Gasteiger charge is 2.14. The van der Waals surface area contributed by atoms with E-state index in [0.29, 0.717) is 17.5 Å². The first-order chi connectivity index (χ1) is 18.8. The Morgan fingerprint density at radius 1 is 0.289 bits per heavy atom. The lowest BCUT2D eigenvalue weighted by Gasteiger charge is -2.11. The Kier molecular flexibility index (Phi) is 5.45. The minimum atomic E-state index is 0.659. The lowest BCUT2D eigenvalue weighted by Crippen LogP contribution is -2.00. The van der Waals surface area contributed by atoms with Crippen LogP contribution in [0.25, 0.3) is 66.8 Å². The van der Waals surface area contributed by atoms with Crippen LogP contribution in [0.4, 0.5) is 0 Å². The zero-order valence-electron chi connectivity index (χ0n) is 20.6. The Morgan fingerprint density at radius 2 is 0.737 bits per heavy atom. The molecule has 7 rings (SSSR count). The molecule has 0 aliphatic carbocycles. The molecule has 0 bridgehead atoms. The molecule has 0 saturated heterocycles. The first-order valence-electron chi connectivity index (χ1n) is 12.7. The average Bonchev–Trinajstić information content (AvgIpc) is 3.01. The monoisotopic (exact) mass is 485 g/mol. The van der Waals surface area contributed by atoms with Crippen molar-refractivity contribution >= 4 is 21.5 Å². The van der Waals surface area contributed by atoms with E-state index in [4.69, 9.17) is 15.0 Å². The quantitative estimate of drug-likeness (QED) is 0.250. The summed E-state index contributed by atoms with van der Waals surface area (Å²) in [7, 11) is 0. The van der Waals surface area contributed by atoms with Gasteiger partial charge in [-0.15, -0.1) is 0 Å². The van der Waals surface area contributed by atoms with Gasteiger partial charge in [0.2, 0.25) is 0 Å². The maximum absolute atomic E-state index is 4.98. The maximum atomic E-state index is 4.98. The molecule has 0 spiro atoms. The Hall–Kier alpha value is -5.15. The van der Waals surface area contributed by atoms with Gasteiger partial charge in [0.25, 0.3) is 0 Å². The second-order valence-electron chi connectivity index (χ2n) is 9.30. The van der Waals surface area contributed by atoms with Crippen LogP contribution in [0.2, 0.25) is 0 Å². The third-order valence-corrected chi connectivity index (χ3v) is 6.94. The molecule has 0 saturated carbocycles. The molecule has 0 aliphatic heterocycles. The van der Waals surface area contributed by atoms with E-state index in [1.165, 1.54) is 16.3 Å². The van der Waals surface area contributed by atoms with E-state index < -0.39 is 0 Å². The van der Waals surface area contributed by atoms with Gasteiger partial charge in [0.05, 0.1) is 0 Å². The topological polar surface area (TPSA) is 38.7 Å². The SMILES string of the molecule is c1ccc(-c2nc(-c3ccc(-c4cccc5ccccc45)cc3)nc(-c3cccc4ccccc34)n2)cc1. The van der Waals surface area contributed by atoms with Gasteiger partial charge in [-0.3, -0.25) is 0 Å². The maximum Gasteiger partial charge on any atom is 0.164 e. The van der Waals surface area contributed by atoms with Crippen LogP contribution in [0.3, 0.4) is 0 Å². The molecule has 0 atom stereocenters. The smallest absolute Gasteiger partial charge is 0.164 e. The van der Waals surface area contributed by atoms with E-state index in [2.05, 4.69) is 109 Å². The summed E-state index contributed by atoms with van der Waals surface area (Å²) in [6.07, 6.45) is 0. The molecular weight excluding hydrogens is 462 g/mol. The van der Waals surface area contributed by atoms with Crippen LogP contribution in [0.1, 0.15) is 0 Å². The third kappa shape index (κ3) is 4.00. The molecule has 0 fully saturated rings. The van der Waals surface area contributed by atoms with Crippen molar-refractivity contribution < 1.29 is 0 Å². The molecule has 0 aliphatic rings. The van der Waals surface area contributed by atoms with E-state index in [9.17, 15) is 0 Å². The van der Waals surface area contributed by atoms with Crippen molar-refractivity contribution in [2.24, 2.45) is 0 Å². The van der Waals surface area contributed by atoms with E-state index in [1.807, 2.05) is 30.3 Å². The van der Waals surface area contributed by atoms with Crippen LogP contribution in [0.5, 0.6) is 0 Å². The van der Waals surface area contributed by atoms with Gasteiger partial charge in [0, 0.05) is 16.7 Å². The Labute approximate surface area is 221 Å². The van der Waals surface area contributed by atoms with Crippen molar-refractivity contribution in [1.82, 2.24) is 15.0 Å². The van der Waals surface area contributed by atoms with Gasteiger partial charge < -0.3 is 0 Å². The molecule has 178 valence electrons. The molecule has 38 heavy (non-hydrogen) atoms. The van der Waals surface area contributed by atoms with Crippen LogP contribution in [-0.4, -0.2) is 15.0 Å². The Bertz CT molecular complexity index is 1900. The molecule has 3 heteroatoms. The molecule has 7 aromatic rings. The predicted octanol–water partition coefficient (Wildman–Crippen LogP) is 8.85. The first kappa shape index (κ1) is 22.1. The fourth-order valence-corrected chi connectivity index (χ4v) is 5.04. The van der Waals surface area contributed by atoms with Gasteiger partial charge in [-0.25, -0.2) is 15.0 Å². The summed E-state index contributed by atoms with van der Waals surface area (Å²) in [5.74, 6) is 1.99. The summed E-state index contributed by atoms with van der Waals surface area (Å²) in [5.41, 5.74) is 5.29. The number of benzene rings is 6. The number of hydrogen-bond donors (Lipinski definition) is 0. The number of hydrogen-bond acceptors (Lipinski definition) is 3. The van der Waals surface area contributed by atoms with Crippen molar-refractivity contribution in [1.29, 1.82) is 0 Å². The molecule has 3 nitrogen and oxygen atoms in total. The first-order valence-corrected chi connectivity index (χ1v) is 12.7. The summed E-state index contributed by atoms with van der Waals surface area (Å²) in [4.78, 5) is 14.8. The fourth-order valence-electron chi connectivity index (χ4n) is 5.04. The highest BCUT2D eigenvalue weighted by Crippen LogP contribution is 2.32. The van der Waals surface area contributed by atoms with Gasteiger partial charge in [-0.2, -0.15) is 0 Å². The largest absolute Gasteiger partial charge is 0.208 e. The molecule has 0 N–H and O–H groups in total. The van der Waals surface area contributed by atoms with Crippen molar-refractivity contribution in [3.8, 4) is 45.3 Å². The van der Waals surface area contributed by atoms with Gasteiger partial charge in [-0.1, -0.05) is 140 Å². The summed E-state index contributed by atoms with van der Waals surface area (Å²) >= 11 is 0. The molecule has 0 radical (unpaired) electrons. The van der Waals surface area contributed by atoms with E-state index in [0.717, 1.165) is 33.0 Å². The number of fused-ring (bicyclic) bond motifs is 2. The van der Waals surface area contributed by atoms with Gasteiger partial charge in [0.1, 0.15) is 0 Å². The van der Waals surface area contributed by atoms with Crippen LogP contribution in [0, 0.1) is 0 Å². The normalized spacial score (nSPS) is 11.2. The number of nitrogens with zero attached hydrogens (tertiary/aromatic N) is 3. The highest BCUT2D eigenvalue weighted by molar-refractivity contribution is 5.97. The van der Waals surface area contributed by atoms with Crippen molar-refractivity contribution in [2.45, 2.75) is 0 Å². The van der Waals surface area contributed by atoms with Crippen LogP contribution < -0.4 is 0 Å². The predicted molar refractivity (Wildman–Crippen MR) is 157 cm³/mol. The second-order valence-corrected chi connectivity index (χ2v) is 9.30. The molecule has 0 amide bonds. The Morgan fingerprint density at radius 3 is 1.39 bits per heavy atom. The molecule has 0 unspecified atom stereocenters. The molecule has 1 heterocycles. The molecular formula is C35H23N3. The van der Waals surface area contributed by atoms with Gasteiger partial charge >= 0.3 is 0 Å².